The second kappa shape index (κ2) is 7.14. The molecule has 8 nitrogen and oxygen atoms in total. The summed E-state index contributed by atoms with van der Waals surface area (Å²) in [7, 11) is 0. The van der Waals surface area contributed by atoms with Crippen LogP contribution < -0.4 is 16.4 Å². The van der Waals surface area contributed by atoms with Gasteiger partial charge >= 0.3 is 0 Å². The Hall–Kier alpha value is -3.39. The summed E-state index contributed by atoms with van der Waals surface area (Å²) in [4.78, 5) is 27.0. The fourth-order valence-electron chi connectivity index (χ4n) is 3.95. The number of aromatic nitrogens is 1. The molecule has 2 aromatic carbocycles. The second-order valence-electron chi connectivity index (χ2n) is 7.91. The molecule has 2 amide bonds. The monoisotopic (exact) mass is 405 g/mol. The van der Waals surface area contributed by atoms with Gasteiger partial charge < -0.3 is 25.8 Å². The van der Waals surface area contributed by atoms with Crippen LogP contribution in [-0.4, -0.2) is 53.6 Å². The van der Waals surface area contributed by atoms with Gasteiger partial charge in [0.1, 0.15) is 0 Å². The number of anilines is 1. The van der Waals surface area contributed by atoms with Crippen LogP contribution in [0.15, 0.2) is 47.0 Å². The molecule has 5 rings (SSSR count). The maximum atomic E-state index is 13.0. The molecule has 0 atom stereocenters. The molecule has 0 bridgehead atoms. The number of nitrogens with one attached hydrogen (secondary N) is 2. The number of fused-ring (bicyclic) bond motifs is 1. The minimum absolute atomic E-state index is 0.0388. The number of nitrogens with zero attached hydrogens (tertiary/aromatic N) is 2. The first kappa shape index (κ1) is 18.6. The summed E-state index contributed by atoms with van der Waals surface area (Å²) in [5.74, 6) is 0.370. The minimum Gasteiger partial charge on any atom is -0.380 e. The third kappa shape index (κ3) is 3.29. The normalized spacial score (nSPS) is 18.5. The lowest BCUT2D eigenvalue weighted by molar-refractivity contribution is -0.124. The van der Waals surface area contributed by atoms with E-state index in [9.17, 15) is 9.59 Å². The summed E-state index contributed by atoms with van der Waals surface area (Å²) in [6.45, 7) is 2.14. The van der Waals surface area contributed by atoms with Crippen LogP contribution in [0.4, 0.5) is 5.82 Å². The topological polar surface area (TPSA) is 113 Å². The third-order valence-electron chi connectivity index (χ3n) is 5.95. The number of nitrogens with two attached hydrogens (primary N) is 1. The molecular weight excluding hydrogens is 382 g/mol. The Morgan fingerprint density at radius 1 is 1.07 bits per heavy atom. The number of benzene rings is 2. The standard InChI is InChI=1S/C22H23N5O3/c23-19-17-13-16(5-6-18(17)30-26-19)14-1-3-15(4-2-14)20(28)27-11-9-24-21(29)22(7-8-22)25-10-12-27/h1-6,13,25H,7-12H2,(H2,23,26)(H,24,29). The van der Waals surface area contributed by atoms with Gasteiger partial charge in [-0.05, 0) is 48.2 Å². The van der Waals surface area contributed by atoms with Crippen molar-refractivity contribution in [3.63, 3.8) is 0 Å². The second-order valence-corrected chi connectivity index (χ2v) is 7.91. The van der Waals surface area contributed by atoms with Crippen LogP contribution in [0.1, 0.15) is 23.2 Å². The predicted octanol–water partition coefficient (Wildman–Crippen LogP) is 1.77. The van der Waals surface area contributed by atoms with Gasteiger partial charge in [0.25, 0.3) is 5.91 Å². The summed E-state index contributed by atoms with van der Waals surface area (Å²) in [5.41, 5.74) is 8.65. The van der Waals surface area contributed by atoms with Gasteiger partial charge in [-0.3, -0.25) is 9.59 Å². The molecule has 1 saturated heterocycles. The van der Waals surface area contributed by atoms with Gasteiger partial charge in [-0.1, -0.05) is 23.4 Å². The van der Waals surface area contributed by atoms with Gasteiger partial charge in [0, 0.05) is 31.7 Å². The summed E-state index contributed by atoms with van der Waals surface area (Å²) in [6, 6.07) is 13.2. The lowest BCUT2D eigenvalue weighted by Crippen LogP contribution is -2.46. The maximum absolute atomic E-state index is 13.0. The SMILES string of the molecule is Nc1noc2ccc(-c3ccc(C(=O)N4CCNC(=O)C5(CC5)NCC4)cc3)cc12. The van der Waals surface area contributed by atoms with Crippen molar-refractivity contribution in [2.24, 2.45) is 0 Å². The zero-order chi connectivity index (χ0) is 20.7. The van der Waals surface area contributed by atoms with Gasteiger partial charge in [0.15, 0.2) is 11.4 Å². The number of amides is 2. The fourth-order valence-corrected chi connectivity index (χ4v) is 3.95. The van der Waals surface area contributed by atoms with Gasteiger partial charge in [0.05, 0.1) is 10.9 Å². The van der Waals surface area contributed by atoms with Crippen molar-refractivity contribution in [3.8, 4) is 11.1 Å². The van der Waals surface area contributed by atoms with Crippen molar-refractivity contribution >= 4 is 28.6 Å². The molecule has 0 radical (unpaired) electrons. The van der Waals surface area contributed by atoms with Crippen molar-refractivity contribution in [1.82, 2.24) is 20.7 Å². The Kier molecular flexibility index (Phi) is 4.43. The van der Waals surface area contributed by atoms with Crippen LogP contribution >= 0.6 is 0 Å². The van der Waals surface area contributed by atoms with Gasteiger partial charge in [-0.15, -0.1) is 0 Å². The number of hydrogen-bond donors (Lipinski definition) is 3. The van der Waals surface area contributed by atoms with E-state index in [2.05, 4.69) is 15.8 Å². The molecule has 1 aliphatic carbocycles. The van der Waals surface area contributed by atoms with Crippen LogP contribution in [0.25, 0.3) is 22.1 Å². The fraction of sp³-hybridized carbons (Fsp3) is 0.318. The summed E-state index contributed by atoms with van der Waals surface area (Å²) in [6.07, 6.45) is 1.72. The minimum atomic E-state index is -0.407. The van der Waals surface area contributed by atoms with E-state index in [4.69, 9.17) is 10.3 Å². The molecule has 8 heteroatoms. The van der Waals surface area contributed by atoms with Crippen LogP contribution in [0.5, 0.6) is 0 Å². The van der Waals surface area contributed by atoms with Crippen LogP contribution in [0.2, 0.25) is 0 Å². The molecule has 154 valence electrons. The van der Waals surface area contributed by atoms with Crippen molar-refractivity contribution in [2.75, 3.05) is 31.9 Å². The maximum Gasteiger partial charge on any atom is 0.253 e. The van der Waals surface area contributed by atoms with E-state index in [1.807, 2.05) is 42.5 Å². The lowest BCUT2D eigenvalue weighted by atomic mass is 10.0. The molecule has 2 fully saturated rings. The van der Waals surface area contributed by atoms with Gasteiger partial charge in [0.2, 0.25) is 5.91 Å². The molecule has 30 heavy (non-hydrogen) atoms. The Labute approximate surface area is 173 Å². The van der Waals surface area contributed by atoms with Gasteiger partial charge in [-0.25, -0.2) is 0 Å². The highest BCUT2D eigenvalue weighted by Crippen LogP contribution is 2.35. The largest absolute Gasteiger partial charge is 0.380 e. The number of nitrogen functional groups attached to an aromatic ring is 1. The highest BCUT2D eigenvalue weighted by Gasteiger charge is 2.49. The van der Waals surface area contributed by atoms with Crippen LogP contribution in [0, 0.1) is 0 Å². The zero-order valence-electron chi connectivity index (χ0n) is 16.5. The molecule has 1 spiro atoms. The number of hydrogen-bond acceptors (Lipinski definition) is 6. The Morgan fingerprint density at radius 3 is 2.57 bits per heavy atom. The quantitative estimate of drug-likeness (QED) is 0.599. The van der Waals surface area contributed by atoms with E-state index in [0.717, 1.165) is 29.4 Å². The van der Waals surface area contributed by atoms with Crippen LogP contribution in [-0.2, 0) is 4.79 Å². The van der Waals surface area contributed by atoms with E-state index in [0.29, 0.717) is 43.1 Å². The Morgan fingerprint density at radius 2 is 1.80 bits per heavy atom. The molecule has 2 aliphatic rings. The Bertz CT molecular complexity index is 1120. The summed E-state index contributed by atoms with van der Waals surface area (Å²) < 4.78 is 5.15. The highest BCUT2D eigenvalue weighted by atomic mass is 16.5. The number of carbonyl (C=O) groups is 2. The van der Waals surface area contributed by atoms with Crippen LogP contribution in [0.3, 0.4) is 0 Å². The molecular formula is C22H23N5O3. The first-order valence-electron chi connectivity index (χ1n) is 10.1. The van der Waals surface area contributed by atoms with E-state index in [1.165, 1.54) is 0 Å². The van der Waals surface area contributed by atoms with Crippen molar-refractivity contribution < 1.29 is 14.1 Å². The molecule has 2 heterocycles. The number of rotatable bonds is 2. The van der Waals surface area contributed by atoms with E-state index in [1.54, 1.807) is 4.90 Å². The molecule has 4 N–H and O–H groups in total. The molecule has 1 aliphatic heterocycles. The highest BCUT2D eigenvalue weighted by molar-refractivity contribution is 5.95. The average Bonchev–Trinajstić information content (AvgIpc) is 3.46. The van der Waals surface area contributed by atoms with Crippen molar-refractivity contribution in [1.29, 1.82) is 0 Å². The Balaban J connectivity index is 1.32. The van der Waals surface area contributed by atoms with Gasteiger partial charge in [-0.2, -0.15) is 0 Å². The molecule has 1 aromatic heterocycles. The predicted molar refractivity (Wildman–Crippen MR) is 113 cm³/mol. The van der Waals surface area contributed by atoms with E-state index < -0.39 is 5.54 Å². The molecule has 3 aromatic rings. The smallest absolute Gasteiger partial charge is 0.253 e. The van der Waals surface area contributed by atoms with E-state index in [-0.39, 0.29) is 11.8 Å². The summed E-state index contributed by atoms with van der Waals surface area (Å²) >= 11 is 0. The zero-order valence-corrected chi connectivity index (χ0v) is 16.5. The van der Waals surface area contributed by atoms with Crippen molar-refractivity contribution in [3.05, 3.63) is 48.0 Å². The lowest BCUT2D eigenvalue weighted by Gasteiger charge is -2.22. The number of carbonyl (C=O) groups excluding carboxylic acids is 2. The third-order valence-corrected chi connectivity index (χ3v) is 5.95. The average molecular weight is 405 g/mol. The molecule has 1 saturated carbocycles. The first-order valence-corrected chi connectivity index (χ1v) is 10.1. The summed E-state index contributed by atoms with van der Waals surface area (Å²) in [5, 5.41) is 10.8. The van der Waals surface area contributed by atoms with Crippen molar-refractivity contribution in [2.45, 2.75) is 18.4 Å². The van der Waals surface area contributed by atoms with E-state index >= 15 is 0 Å². The molecule has 0 unspecified atom stereocenters. The first-order chi connectivity index (χ1) is 14.6.